The zero-order valence-electron chi connectivity index (χ0n) is 16.8. The Hall–Kier alpha value is -4.26. The Labute approximate surface area is 179 Å². The van der Waals surface area contributed by atoms with Gasteiger partial charge in [0.05, 0.1) is 11.4 Å². The first-order valence-corrected chi connectivity index (χ1v) is 10.4. The summed E-state index contributed by atoms with van der Waals surface area (Å²) in [6, 6.07) is 40.7. The Kier molecular flexibility index (Phi) is 4.09. The number of rotatable bonds is 2. The SMILES string of the molecule is C(=Nc1cccc2c1ccc1ccccc12)=Nc1cccc2c1ccc1ccccc12. The second-order valence-corrected chi connectivity index (χ2v) is 7.64. The van der Waals surface area contributed by atoms with E-state index in [1.165, 1.54) is 32.3 Å². The Balaban J connectivity index is 1.48. The Bertz CT molecular complexity index is 1550. The molecule has 0 aromatic heterocycles. The number of hydrogen-bond acceptors (Lipinski definition) is 2. The lowest BCUT2D eigenvalue weighted by Crippen LogP contribution is -1.78. The van der Waals surface area contributed by atoms with E-state index >= 15 is 0 Å². The van der Waals surface area contributed by atoms with E-state index in [9.17, 15) is 0 Å². The van der Waals surface area contributed by atoms with Crippen molar-refractivity contribution in [3.63, 3.8) is 0 Å². The highest BCUT2D eigenvalue weighted by molar-refractivity contribution is 6.12. The third-order valence-electron chi connectivity index (χ3n) is 5.87. The zero-order chi connectivity index (χ0) is 20.6. The molecule has 0 bridgehead atoms. The van der Waals surface area contributed by atoms with Gasteiger partial charge >= 0.3 is 0 Å². The van der Waals surface area contributed by atoms with Gasteiger partial charge in [0.25, 0.3) is 0 Å². The van der Waals surface area contributed by atoms with Crippen LogP contribution in [0.1, 0.15) is 0 Å². The van der Waals surface area contributed by atoms with Crippen molar-refractivity contribution in [2.45, 2.75) is 0 Å². The minimum atomic E-state index is 0.873. The van der Waals surface area contributed by atoms with E-state index in [1.54, 1.807) is 0 Å². The molecule has 0 amide bonds. The van der Waals surface area contributed by atoms with Gasteiger partial charge in [-0.2, -0.15) is 9.98 Å². The first kappa shape index (κ1) is 17.6. The van der Waals surface area contributed by atoms with Crippen LogP contribution >= 0.6 is 0 Å². The van der Waals surface area contributed by atoms with Crippen LogP contribution in [0.4, 0.5) is 11.4 Å². The average molecular weight is 394 g/mol. The highest BCUT2D eigenvalue weighted by Crippen LogP contribution is 2.33. The zero-order valence-corrected chi connectivity index (χ0v) is 16.8. The van der Waals surface area contributed by atoms with Gasteiger partial charge in [0.2, 0.25) is 0 Å². The molecular formula is C29H18N2. The van der Waals surface area contributed by atoms with Crippen LogP contribution in [-0.2, 0) is 0 Å². The van der Waals surface area contributed by atoms with E-state index in [2.05, 4.69) is 101 Å². The molecule has 0 aliphatic carbocycles. The van der Waals surface area contributed by atoms with Crippen LogP contribution in [0.15, 0.2) is 119 Å². The van der Waals surface area contributed by atoms with Crippen molar-refractivity contribution in [3.8, 4) is 0 Å². The van der Waals surface area contributed by atoms with Gasteiger partial charge in [0.1, 0.15) is 6.01 Å². The normalized spacial score (nSPS) is 11.1. The maximum absolute atomic E-state index is 4.59. The van der Waals surface area contributed by atoms with Crippen molar-refractivity contribution in [2.24, 2.45) is 9.98 Å². The smallest absolute Gasteiger partial charge is 0.101 e. The van der Waals surface area contributed by atoms with Crippen molar-refractivity contribution in [2.75, 3.05) is 0 Å². The van der Waals surface area contributed by atoms with E-state index in [4.69, 9.17) is 0 Å². The van der Waals surface area contributed by atoms with Crippen LogP contribution in [-0.4, -0.2) is 6.01 Å². The number of aliphatic imine (C=N–C) groups is 2. The van der Waals surface area contributed by atoms with Crippen LogP contribution < -0.4 is 0 Å². The standard InChI is InChI=1S/C29H18N2/c1-3-9-22-20(7-1)15-17-26-24(22)11-5-13-28(26)30-19-31-29-14-6-12-25-23-10-4-2-8-21(23)16-18-27(25)29/h1-18H. The second-order valence-electron chi connectivity index (χ2n) is 7.64. The molecule has 0 unspecified atom stereocenters. The summed E-state index contributed by atoms with van der Waals surface area (Å²) in [5.41, 5.74) is 1.75. The molecule has 0 aliphatic heterocycles. The van der Waals surface area contributed by atoms with Gasteiger partial charge in [-0.05, 0) is 44.5 Å². The third-order valence-corrected chi connectivity index (χ3v) is 5.87. The summed E-state index contributed by atoms with van der Waals surface area (Å²) < 4.78 is 0. The molecule has 0 radical (unpaired) electrons. The Morgan fingerprint density at radius 3 is 1.32 bits per heavy atom. The van der Waals surface area contributed by atoms with Crippen molar-refractivity contribution >= 4 is 60.5 Å². The lowest BCUT2D eigenvalue weighted by atomic mass is 10.0. The van der Waals surface area contributed by atoms with Crippen LogP contribution in [0.3, 0.4) is 0 Å². The van der Waals surface area contributed by atoms with Gasteiger partial charge in [0.15, 0.2) is 0 Å². The summed E-state index contributed by atoms with van der Waals surface area (Å²) in [4.78, 5) is 9.18. The lowest BCUT2D eigenvalue weighted by Gasteiger charge is -2.06. The van der Waals surface area contributed by atoms with E-state index in [1.807, 2.05) is 24.3 Å². The van der Waals surface area contributed by atoms with E-state index in [0.717, 1.165) is 22.1 Å². The molecule has 0 fully saturated rings. The van der Waals surface area contributed by atoms with Crippen LogP contribution in [0, 0.1) is 0 Å². The number of benzene rings is 6. The van der Waals surface area contributed by atoms with Crippen molar-refractivity contribution in [3.05, 3.63) is 109 Å². The summed E-state index contributed by atoms with van der Waals surface area (Å²) in [5, 5.41) is 9.52. The van der Waals surface area contributed by atoms with Gasteiger partial charge in [-0.1, -0.05) is 97.1 Å². The topological polar surface area (TPSA) is 24.7 Å². The predicted molar refractivity (Wildman–Crippen MR) is 132 cm³/mol. The molecule has 0 saturated carbocycles. The highest BCUT2D eigenvalue weighted by Gasteiger charge is 2.05. The molecule has 2 nitrogen and oxygen atoms in total. The fourth-order valence-corrected chi connectivity index (χ4v) is 4.38. The first-order chi connectivity index (χ1) is 15.4. The molecule has 0 heterocycles. The lowest BCUT2D eigenvalue weighted by molar-refractivity contribution is 1.53. The third kappa shape index (κ3) is 2.98. The Morgan fingerprint density at radius 2 is 0.806 bits per heavy atom. The van der Waals surface area contributed by atoms with Gasteiger partial charge in [0, 0.05) is 10.8 Å². The number of nitrogens with zero attached hydrogens (tertiary/aromatic N) is 2. The number of hydrogen-bond donors (Lipinski definition) is 0. The van der Waals surface area contributed by atoms with Gasteiger partial charge in [-0.15, -0.1) is 0 Å². The molecule has 6 rings (SSSR count). The maximum Gasteiger partial charge on any atom is 0.101 e. The first-order valence-electron chi connectivity index (χ1n) is 10.4. The molecule has 0 atom stereocenters. The summed E-state index contributed by atoms with van der Waals surface area (Å²) in [5.74, 6) is 0. The van der Waals surface area contributed by atoms with E-state index in [0.29, 0.717) is 0 Å². The van der Waals surface area contributed by atoms with Crippen molar-refractivity contribution in [1.82, 2.24) is 0 Å². The predicted octanol–water partition coefficient (Wildman–Crippen LogP) is 8.44. The summed E-state index contributed by atoms with van der Waals surface area (Å²) in [6.45, 7) is 0. The van der Waals surface area contributed by atoms with Crippen LogP contribution in [0.5, 0.6) is 0 Å². The van der Waals surface area contributed by atoms with Crippen LogP contribution in [0.2, 0.25) is 0 Å². The van der Waals surface area contributed by atoms with Gasteiger partial charge in [-0.3, -0.25) is 0 Å². The fraction of sp³-hybridized carbons (Fsp3) is 0. The van der Waals surface area contributed by atoms with Crippen molar-refractivity contribution in [1.29, 1.82) is 0 Å². The Morgan fingerprint density at radius 1 is 0.355 bits per heavy atom. The number of fused-ring (bicyclic) bond motifs is 6. The minimum Gasteiger partial charge on any atom is -0.187 e. The van der Waals surface area contributed by atoms with Gasteiger partial charge < -0.3 is 0 Å². The monoisotopic (exact) mass is 394 g/mol. The highest BCUT2D eigenvalue weighted by atomic mass is 14.8. The van der Waals surface area contributed by atoms with E-state index < -0.39 is 0 Å². The summed E-state index contributed by atoms with van der Waals surface area (Å²) in [6.07, 6.45) is 0. The molecule has 6 aromatic carbocycles. The molecule has 0 saturated heterocycles. The van der Waals surface area contributed by atoms with Crippen molar-refractivity contribution < 1.29 is 0 Å². The fourth-order valence-electron chi connectivity index (χ4n) is 4.38. The van der Waals surface area contributed by atoms with Crippen LogP contribution in [0.25, 0.3) is 43.1 Å². The summed E-state index contributed by atoms with van der Waals surface area (Å²) >= 11 is 0. The molecule has 0 N–H and O–H groups in total. The minimum absolute atomic E-state index is 0.873. The molecule has 0 aliphatic rings. The quantitative estimate of drug-likeness (QED) is 0.208. The molecule has 31 heavy (non-hydrogen) atoms. The van der Waals surface area contributed by atoms with Gasteiger partial charge in [-0.25, -0.2) is 0 Å². The molecule has 2 heteroatoms. The molecule has 0 spiro atoms. The molecular weight excluding hydrogens is 376 g/mol. The molecule has 144 valence electrons. The van der Waals surface area contributed by atoms with E-state index in [-0.39, 0.29) is 0 Å². The largest absolute Gasteiger partial charge is 0.187 e. The summed E-state index contributed by atoms with van der Waals surface area (Å²) in [7, 11) is 0. The maximum atomic E-state index is 4.59. The average Bonchev–Trinajstić information content (AvgIpc) is 2.84. The second kappa shape index (κ2) is 7.21. The molecule has 6 aromatic rings.